The maximum atomic E-state index is 3.76. The van der Waals surface area contributed by atoms with E-state index < -0.39 is 0 Å². The van der Waals surface area contributed by atoms with Gasteiger partial charge in [-0.2, -0.15) is 0 Å². The van der Waals surface area contributed by atoms with Gasteiger partial charge in [0.15, 0.2) is 0 Å². The fraction of sp³-hybridized carbons (Fsp3) is 1.00. The third-order valence-electron chi connectivity index (χ3n) is 3.62. The summed E-state index contributed by atoms with van der Waals surface area (Å²) in [6, 6.07) is 0.839. The van der Waals surface area contributed by atoms with Gasteiger partial charge < -0.3 is 5.32 Å². The Morgan fingerprint density at radius 1 is 1.07 bits per heavy atom. The smallest absolute Gasteiger partial charge is 0.00952 e. The van der Waals surface area contributed by atoms with Gasteiger partial charge in [0.05, 0.1) is 0 Å². The van der Waals surface area contributed by atoms with E-state index in [0.29, 0.717) is 0 Å². The van der Waals surface area contributed by atoms with Crippen molar-refractivity contribution in [3.63, 3.8) is 0 Å². The predicted octanol–water partition coefficient (Wildman–Crippen LogP) is 3.74. The fourth-order valence-corrected chi connectivity index (χ4v) is 2.63. The van der Waals surface area contributed by atoms with Crippen LogP contribution >= 0.6 is 0 Å². The van der Waals surface area contributed by atoms with E-state index in [9.17, 15) is 0 Å². The van der Waals surface area contributed by atoms with Crippen LogP contribution in [-0.4, -0.2) is 12.6 Å². The Labute approximate surface area is 89.7 Å². The third kappa shape index (κ3) is 4.00. The summed E-state index contributed by atoms with van der Waals surface area (Å²) in [7, 11) is 0. The Hall–Kier alpha value is -0.0400. The molecule has 0 spiro atoms. The molecule has 1 nitrogen and oxygen atoms in total. The lowest BCUT2D eigenvalue weighted by Crippen LogP contribution is -2.38. The Balaban J connectivity index is 2.13. The van der Waals surface area contributed by atoms with Gasteiger partial charge in [0.2, 0.25) is 0 Å². The van der Waals surface area contributed by atoms with Crippen LogP contribution in [0.25, 0.3) is 0 Å². The maximum absolute atomic E-state index is 3.76. The first-order valence-electron chi connectivity index (χ1n) is 6.61. The largest absolute Gasteiger partial charge is 0.314 e. The summed E-state index contributed by atoms with van der Waals surface area (Å²) >= 11 is 0. The van der Waals surface area contributed by atoms with Crippen molar-refractivity contribution in [1.82, 2.24) is 5.32 Å². The molecule has 1 heteroatoms. The molecule has 0 aromatic heterocycles. The third-order valence-corrected chi connectivity index (χ3v) is 3.62. The molecule has 0 amide bonds. The molecule has 0 aromatic rings. The average Bonchev–Trinajstić information content (AvgIpc) is 2.25. The van der Waals surface area contributed by atoms with Gasteiger partial charge in [-0.1, -0.05) is 46.0 Å². The summed E-state index contributed by atoms with van der Waals surface area (Å²) in [6.45, 7) is 5.86. The van der Waals surface area contributed by atoms with Crippen LogP contribution in [0.5, 0.6) is 0 Å². The van der Waals surface area contributed by atoms with Crippen LogP contribution < -0.4 is 5.32 Å². The molecule has 1 aliphatic carbocycles. The minimum atomic E-state index is 0.839. The number of hydrogen-bond acceptors (Lipinski definition) is 1. The van der Waals surface area contributed by atoms with E-state index in [4.69, 9.17) is 0 Å². The highest BCUT2D eigenvalue weighted by Crippen LogP contribution is 2.26. The highest BCUT2D eigenvalue weighted by Gasteiger charge is 2.22. The lowest BCUT2D eigenvalue weighted by molar-refractivity contribution is 0.255. The summed E-state index contributed by atoms with van der Waals surface area (Å²) in [4.78, 5) is 0. The first kappa shape index (κ1) is 12.0. The normalized spacial score (nSPS) is 27.9. The van der Waals surface area contributed by atoms with Gasteiger partial charge in [-0.3, -0.25) is 0 Å². The van der Waals surface area contributed by atoms with Crippen LogP contribution in [0.3, 0.4) is 0 Å². The van der Waals surface area contributed by atoms with E-state index >= 15 is 0 Å². The molecule has 0 radical (unpaired) electrons. The molecule has 1 fully saturated rings. The Kier molecular flexibility index (Phi) is 6.25. The molecule has 0 heterocycles. The van der Waals surface area contributed by atoms with Crippen molar-refractivity contribution in [2.75, 3.05) is 6.54 Å². The second-order valence-electron chi connectivity index (χ2n) is 4.72. The monoisotopic (exact) mass is 197 g/mol. The number of hydrogen-bond donors (Lipinski definition) is 1. The molecule has 1 N–H and O–H groups in total. The van der Waals surface area contributed by atoms with Gasteiger partial charge in [-0.25, -0.2) is 0 Å². The molecule has 1 aliphatic rings. The SMILES string of the molecule is CCCCCNC1CCCCC1CC. The van der Waals surface area contributed by atoms with Crippen LogP contribution in [0.1, 0.15) is 65.2 Å². The van der Waals surface area contributed by atoms with E-state index in [1.54, 1.807) is 0 Å². The standard InChI is InChI=1S/C13H27N/c1-3-5-8-11-14-13-10-7-6-9-12(13)4-2/h12-14H,3-11H2,1-2H3. The molecular formula is C13H27N. The zero-order valence-corrected chi connectivity index (χ0v) is 10.0. The van der Waals surface area contributed by atoms with Crippen LogP contribution in [0, 0.1) is 5.92 Å². The quantitative estimate of drug-likeness (QED) is 0.640. The maximum Gasteiger partial charge on any atom is 0.00952 e. The Bertz CT molecular complexity index is 133. The average molecular weight is 197 g/mol. The Morgan fingerprint density at radius 2 is 1.86 bits per heavy atom. The van der Waals surface area contributed by atoms with Gasteiger partial charge >= 0.3 is 0 Å². The topological polar surface area (TPSA) is 12.0 Å². The van der Waals surface area contributed by atoms with Crippen molar-refractivity contribution >= 4 is 0 Å². The zero-order valence-electron chi connectivity index (χ0n) is 10.0. The van der Waals surface area contributed by atoms with Crippen LogP contribution in [0.4, 0.5) is 0 Å². The van der Waals surface area contributed by atoms with E-state index in [2.05, 4.69) is 19.2 Å². The van der Waals surface area contributed by atoms with Crippen molar-refractivity contribution in [3.05, 3.63) is 0 Å². The lowest BCUT2D eigenvalue weighted by Gasteiger charge is -2.31. The second-order valence-corrected chi connectivity index (χ2v) is 4.72. The molecule has 0 saturated heterocycles. The lowest BCUT2D eigenvalue weighted by atomic mass is 9.83. The van der Waals surface area contributed by atoms with Crippen molar-refractivity contribution in [1.29, 1.82) is 0 Å². The van der Waals surface area contributed by atoms with Crippen LogP contribution in [0.2, 0.25) is 0 Å². The molecule has 1 rings (SSSR count). The van der Waals surface area contributed by atoms with E-state index in [0.717, 1.165) is 12.0 Å². The minimum Gasteiger partial charge on any atom is -0.314 e. The molecule has 84 valence electrons. The first-order valence-corrected chi connectivity index (χ1v) is 6.61. The zero-order chi connectivity index (χ0) is 10.2. The van der Waals surface area contributed by atoms with Gasteiger partial charge in [0.1, 0.15) is 0 Å². The molecule has 14 heavy (non-hydrogen) atoms. The molecule has 0 bridgehead atoms. The summed E-state index contributed by atoms with van der Waals surface area (Å²) in [5.74, 6) is 0.963. The van der Waals surface area contributed by atoms with Crippen molar-refractivity contribution in [3.8, 4) is 0 Å². The van der Waals surface area contributed by atoms with Gasteiger partial charge in [-0.05, 0) is 31.7 Å². The first-order chi connectivity index (χ1) is 6.88. The van der Waals surface area contributed by atoms with Crippen molar-refractivity contribution in [2.24, 2.45) is 5.92 Å². The summed E-state index contributed by atoms with van der Waals surface area (Å²) < 4.78 is 0. The second kappa shape index (κ2) is 7.28. The van der Waals surface area contributed by atoms with Crippen molar-refractivity contribution in [2.45, 2.75) is 71.3 Å². The van der Waals surface area contributed by atoms with Crippen LogP contribution in [-0.2, 0) is 0 Å². The summed E-state index contributed by atoms with van der Waals surface area (Å²) in [5.41, 5.74) is 0. The highest BCUT2D eigenvalue weighted by molar-refractivity contribution is 4.79. The van der Waals surface area contributed by atoms with Gasteiger partial charge in [-0.15, -0.1) is 0 Å². The highest BCUT2D eigenvalue weighted by atomic mass is 14.9. The number of nitrogens with one attached hydrogen (secondary N) is 1. The van der Waals surface area contributed by atoms with Crippen molar-refractivity contribution < 1.29 is 0 Å². The predicted molar refractivity (Wildman–Crippen MR) is 63.6 cm³/mol. The van der Waals surface area contributed by atoms with Crippen LogP contribution in [0.15, 0.2) is 0 Å². The van der Waals surface area contributed by atoms with Gasteiger partial charge in [0, 0.05) is 6.04 Å². The number of rotatable bonds is 6. The van der Waals surface area contributed by atoms with E-state index in [-0.39, 0.29) is 0 Å². The summed E-state index contributed by atoms with van der Waals surface area (Å²) in [5, 5.41) is 3.76. The molecule has 2 unspecified atom stereocenters. The summed E-state index contributed by atoms with van der Waals surface area (Å²) in [6.07, 6.45) is 11.2. The molecule has 1 saturated carbocycles. The minimum absolute atomic E-state index is 0.839. The molecular weight excluding hydrogens is 170 g/mol. The fourth-order valence-electron chi connectivity index (χ4n) is 2.63. The number of unbranched alkanes of at least 4 members (excludes halogenated alkanes) is 2. The molecule has 0 aromatic carbocycles. The van der Waals surface area contributed by atoms with E-state index in [1.807, 2.05) is 0 Å². The molecule has 0 aliphatic heterocycles. The molecule has 2 atom stereocenters. The van der Waals surface area contributed by atoms with Gasteiger partial charge in [0.25, 0.3) is 0 Å². The Morgan fingerprint density at radius 3 is 2.57 bits per heavy atom. The van der Waals surface area contributed by atoms with E-state index in [1.165, 1.54) is 57.9 Å².